The second kappa shape index (κ2) is 9.84. The number of nitrogens with two attached hydrogens (primary N) is 1. The van der Waals surface area contributed by atoms with Gasteiger partial charge < -0.3 is 25.0 Å². The van der Waals surface area contributed by atoms with Gasteiger partial charge in [-0.3, -0.25) is 4.52 Å². The lowest BCUT2D eigenvalue weighted by molar-refractivity contribution is 0.00495. The predicted octanol–water partition coefficient (Wildman–Crippen LogP) is 2.84. The van der Waals surface area contributed by atoms with Gasteiger partial charge in [-0.15, -0.1) is 6.58 Å². The molecule has 3 atom stereocenters. The molecule has 0 aromatic heterocycles. The maximum Gasteiger partial charge on any atom is 0.469 e. The van der Waals surface area contributed by atoms with Crippen LogP contribution in [-0.4, -0.2) is 47.9 Å². The summed E-state index contributed by atoms with van der Waals surface area (Å²) < 4.78 is 27.0. The molecular weight excluding hydrogens is 393 g/mol. The Morgan fingerprint density at radius 3 is 2.86 bits per heavy atom. The fraction of sp³-hybridized carbons (Fsp3) is 0.619. The third kappa shape index (κ3) is 6.72. The van der Waals surface area contributed by atoms with Crippen LogP contribution in [0.1, 0.15) is 48.3 Å². The molecule has 3 rings (SSSR count). The molecule has 0 radical (unpaired) electrons. The molecule has 0 heterocycles. The molecule has 0 bridgehead atoms. The van der Waals surface area contributed by atoms with Crippen molar-refractivity contribution < 1.29 is 28.3 Å². The fourth-order valence-electron chi connectivity index (χ4n) is 4.36. The van der Waals surface area contributed by atoms with Crippen LogP contribution in [0.5, 0.6) is 0 Å². The molecule has 1 aromatic carbocycles. The highest BCUT2D eigenvalue weighted by Gasteiger charge is 2.38. The van der Waals surface area contributed by atoms with Gasteiger partial charge in [0.05, 0.1) is 32.5 Å². The van der Waals surface area contributed by atoms with Crippen molar-refractivity contribution in [1.82, 2.24) is 0 Å². The van der Waals surface area contributed by atoms with E-state index in [0.29, 0.717) is 38.6 Å². The summed E-state index contributed by atoms with van der Waals surface area (Å²) >= 11 is 0. The van der Waals surface area contributed by atoms with Gasteiger partial charge in [0.15, 0.2) is 0 Å². The number of benzene rings is 1. The van der Waals surface area contributed by atoms with Crippen molar-refractivity contribution in [2.45, 2.75) is 56.1 Å². The van der Waals surface area contributed by atoms with Crippen molar-refractivity contribution >= 4 is 7.82 Å². The molecule has 4 N–H and O–H groups in total. The largest absolute Gasteiger partial charge is 0.469 e. The van der Waals surface area contributed by atoms with E-state index < -0.39 is 13.4 Å². The summed E-state index contributed by atoms with van der Waals surface area (Å²) in [4.78, 5) is 17.9. The van der Waals surface area contributed by atoms with Crippen LogP contribution in [0, 0.1) is 0 Å². The van der Waals surface area contributed by atoms with Crippen LogP contribution in [0.3, 0.4) is 0 Å². The molecule has 7 nitrogen and oxygen atoms in total. The van der Waals surface area contributed by atoms with E-state index in [-0.39, 0.29) is 12.7 Å². The van der Waals surface area contributed by atoms with Crippen LogP contribution in [0.4, 0.5) is 0 Å². The van der Waals surface area contributed by atoms with Gasteiger partial charge in [0, 0.05) is 5.54 Å². The zero-order chi connectivity index (χ0) is 20.9. The van der Waals surface area contributed by atoms with Gasteiger partial charge in [0.1, 0.15) is 0 Å². The van der Waals surface area contributed by atoms with Gasteiger partial charge in [0.25, 0.3) is 0 Å². The molecule has 8 heteroatoms. The van der Waals surface area contributed by atoms with E-state index in [0.717, 1.165) is 25.7 Å². The molecule has 2 aliphatic carbocycles. The SMILES string of the molecule is C=CCOCCOC1CCc2cc([C@H]3CC[C@](N)(COP(=O)(O)O)C3)ccc2C1. The molecule has 0 amide bonds. The van der Waals surface area contributed by atoms with Gasteiger partial charge in [-0.1, -0.05) is 24.3 Å². The second-order valence-electron chi connectivity index (χ2n) is 8.19. The van der Waals surface area contributed by atoms with E-state index in [9.17, 15) is 4.57 Å². The van der Waals surface area contributed by atoms with Gasteiger partial charge in [-0.25, -0.2) is 4.57 Å². The van der Waals surface area contributed by atoms with Crippen molar-refractivity contribution in [2.24, 2.45) is 5.73 Å². The lowest BCUT2D eigenvalue weighted by Crippen LogP contribution is -2.41. The number of hydrogen-bond acceptors (Lipinski definition) is 5. The van der Waals surface area contributed by atoms with E-state index in [1.807, 2.05) is 0 Å². The zero-order valence-electron chi connectivity index (χ0n) is 16.8. The molecule has 1 fully saturated rings. The minimum atomic E-state index is -4.49. The first-order chi connectivity index (χ1) is 13.8. The number of fused-ring (bicyclic) bond motifs is 1. The molecule has 29 heavy (non-hydrogen) atoms. The van der Waals surface area contributed by atoms with E-state index in [2.05, 4.69) is 29.3 Å². The van der Waals surface area contributed by atoms with Crippen molar-refractivity contribution in [3.8, 4) is 0 Å². The molecule has 0 aliphatic heterocycles. The quantitative estimate of drug-likeness (QED) is 0.300. The van der Waals surface area contributed by atoms with Crippen LogP contribution in [0.25, 0.3) is 0 Å². The minimum absolute atomic E-state index is 0.117. The number of hydrogen-bond donors (Lipinski definition) is 3. The first-order valence-electron chi connectivity index (χ1n) is 10.2. The molecular formula is C21H32NO6P. The first kappa shape index (κ1) is 22.6. The molecule has 1 aromatic rings. The molecule has 162 valence electrons. The molecule has 1 saturated carbocycles. The van der Waals surface area contributed by atoms with Crippen LogP contribution in [0.2, 0.25) is 0 Å². The average molecular weight is 425 g/mol. The number of phosphoric acid groups is 1. The van der Waals surface area contributed by atoms with Gasteiger partial charge >= 0.3 is 7.82 Å². The highest BCUT2D eigenvalue weighted by molar-refractivity contribution is 7.46. The minimum Gasteiger partial charge on any atom is -0.375 e. The Balaban J connectivity index is 1.53. The van der Waals surface area contributed by atoms with Gasteiger partial charge in [0.2, 0.25) is 0 Å². The Hall–Kier alpha value is -1.05. The van der Waals surface area contributed by atoms with Crippen LogP contribution in [-0.2, 0) is 31.4 Å². The summed E-state index contributed by atoms with van der Waals surface area (Å²) in [5.41, 5.74) is 9.59. The lowest BCUT2D eigenvalue weighted by Gasteiger charge is -2.27. The number of rotatable bonds is 10. The Bertz CT molecular complexity index is 751. The average Bonchev–Trinajstić information content (AvgIpc) is 3.08. The van der Waals surface area contributed by atoms with Crippen molar-refractivity contribution in [1.29, 1.82) is 0 Å². The van der Waals surface area contributed by atoms with Crippen molar-refractivity contribution in [3.63, 3.8) is 0 Å². The summed E-state index contributed by atoms with van der Waals surface area (Å²) in [6.07, 6.45) is 7.13. The summed E-state index contributed by atoms with van der Waals surface area (Å²) in [6, 6.07) is 6.63. The topological polar surface area (TPSA) is 111 Å². The number of aryl methyl sites for hydroxylation is 1. The Labute approximate surface area is 172 Å². The van der Waals surface area contributed by atoms with E-state index in [1.54, 1.807) is 6.08 Å². The lowest BCUT2D eigenvalue weighted by atomic mass is 9.85. The van der Waals surface area contributed by atoms with Gasteiger partial charge in [-0.05, 0) is 61.1 Å². The van der Waals surface area contributed by atoms with Crippen molar-refractivity contribution in [3.05, 3.63) is 47.5 Å². The summed E-state index contributed by atoms with van der Waals surface area (Å²) in [5.74, 6) is 0.293. The maximum absolute atomic E-state index is 11.0. The smallest absolute Gasteiger partial charge is 0.375 e. The van der Waals surface area contributed by atoms with E-state index in [1.165, 1.54) is 16.7 Å². The monoisotopic (exact) mass is 425 g/mol. The van der Waals surface area contributed by atoms with Crippen LogP contribution in [0.15, 0.2) is 30.9 Å². The Kier molecular flexibility index (Phi) is 7.68. The molecule has 0 spiro atoms. The van der Waals surface area contributed by atoms with E-state index in [4.69, 9.17) is 25.0 Å². The Morgan fingerprint density at radius 1 is 1.28 bits per heavy atom. The fourth-order valence-corrected chi connectivity index (χ4v) is 4.79. The van der Waals surface area contributed by atoms with Crippen LogP contribution >= 0.6 is 7.82 Å². The summed E-state index contributed by atoms with van der Waals surface area (Å²) in [7, 11) is -4.49. The Morgan fingerprint density at radius 2 is 2.10 bits per heavy atom. The van der Waals surface area contributed by atoms with Crippen molar-refractivity contribution in [2.75, 3.05) is 26.4 Å². The van der Waals surface area contributed by atoms with Gasteiger partial charge in [-0.2, -0.15) is 0 Å². The van der Waals surface area contributed by atoms with E-state index >= 15 is 0 Å². The zero-order valence-corrected chi connectivity index (χ0v) is 17.7. The highest BCUT2D eigenvalue weighted by Crippen LogP contribution is 2.44. The second-order valence-corrected chi connectivity index (χ2v) is 9.43. The molecule has 0 saturated heterocycles. The highest BCUT2D eigenvalue weighted by atomic mass is 31.2. The molecule has 2 aliphatic rings. The normalized spacial score (nSPS) is 27.0. The molecule has 1 unspecified atom stereocenters. The maximum atomic E-state index is 11.0. The third-order valence-electron chi connectivity index (χ3n) is 5.87. The summed E-state index contributed by atoms with van der Waals surface area (Å²) in [5, 5.41) is 0. The van der Waals surface area contributed by atoms with Crippen LogP contribution < -0.4 is 5.73 Å². The number of ether oxygens (including phenoxy) is 2. The summed E-state index contributed by atoms with van der Waals surface area (Å²) in [6.45, 7) is 5.25. The first-order valence-corrected chi connectivity index (χ1v) is 11.7. The third-order valence-corrected chi connectivity index (χ3v) is 6.33. The standard InChI is InChI=1S/C21H32NO6P/c1-2-9-26-10-11-27-20-6-5-16-12-17(3-4-18(16)13-20)19-7-8-21(22,14-19)15-28-29(23,24)25/h2-4,12,19-20H,1,5-11,13-15,22H2,(H2,23,24,25)/t19-,20?,21+/m0/s1. The number of phosphoric ester groups is 1. The predicted molar refractivity (Wildman–Crippen MR) is 111 cm³/mol.